The number of aliphatic imine (C=N–C) groups is 3. The predicted octanol–water partition coefficient (Wildman–Crippen LogP) is -2.37. The molecule has 1 fully saturated rings. The number of rotatable bonds is 3. The molecule has 0 amide bonds. The molecule has 0 unspecified atom stereocenters. The first kappa shape index (κ1) is 11.1. The minimum absolute atomic E-state index is 0.840. The predicted molar refractivity (Wildman–Crippen MR) is 45.1 cm³/mol. The number of carbonyl (C=O) groups excluding carboxylic acids is 3. The lowest BCUT2D eigenvalue weighted by molar-refractivity contribution is 0.213. The Morgan fingerprint density at radius 1 is 0.667 bits per heavy atom. The van der Waals surface area contributed by atoms with Crippen molar-refractivity contribution in [3.05, 3.63) is 0 Å². The van der Waals surface area contributed by atoms with Crippen LogP contribution in [0.15, 0.2) is 15.0 Å². The maximum Gasteiger partial charge on any atom is 0.238 e. The van der Waals surface area contributed by atoms with E-state index in [9.17, 15) is 14.4 Å². The number of hydrogen-bond acceptors (Lipinski definition) is 9. The molecule has 0 aromatic rings. The van der Waals surface area contributed by atoms with Crippen LogP contribution < -0.4 is 16.0 Å². The Kier molecular flexibility index (Phi) is 4.21. The first-order valence-electron chi connectivity index (χ1n) is 3.79. The van der Waals surface area contributed by atoms with Gasteiger partial charge in [-0.05, 0) is 0 Å². The van der Waals surface area contributed by atoms with Gasteiger partial charge in [0, 0.05) is 0 Å². The lowest BCUT2D eigenvalue weighted by Gasteiger charge is -2.30. The molecule has 9 heteroatoms. The topological polar surface area (TPSA) is 124 Å². The van der Waals surface area contributed by atoms with Crippen LogP contribution >= 0.6 is 0 Å². The summed E-state index contributed by atoms with van der Waals surface area (Å²) in [6, 6.07) is 0. The molecule has 0 aliphatic carbocycles. The normalized spacial score (nSPS) is 29.2. The van der Waals surface area contributed by atoms with Crippen LogP contribution in [0, 0.1) is 0 Å². The second kappa shape index (κ2) is 5.69. The highest BCUT2D eigenvalue weighted by atomic mass is 16.1. The van der Waals surface area contributed by atoms with Crippen molar-refractivity contribution in [2.45, 2.75) is 18.9 Å². The molecule has 78 valence electrons. The number of isocyanates is 3. The third-order valence-corrected chi connectivity index (χ3v) is 1.49. The van der Waals surface area contributed by atoms with Gasteiger partial charge in [-0.3, -0.25) is 0 Å². The molecule has 0 radical (unpaired) electrons. The summed E-state index contributed by atoms with van der Waals surface area (Å²) in [5.74, 6) is 0. The van der Waals surface area contributed by atoms with Gasteiger partial charge in [-0.2, -0.15) is 15.0 Å². The zero-order chi connectivity index (χ0) is 11.1. The quantitative estimate of drug-likeness (QED) is 0.353. The van der Waals surface area contributed by atoms with E-state index in [1.165, 1.54) is 18.2 Å². The van der Waals surface area contributed by atoms with Gasteiger partial charge in [0.05, 0.1) is 0 Å². The SMILES string of the molecule is O=C=NC1NC(N=C=O)NC(N=C=O)N1. The van der Waals surface area contributed by atoms with Gasteiger partial charge in [-0.25, -0.2) is 30.3 Å². The number of nitrogens with one attached hydrogen (secondary N) is 3. The fraction of sp³-hybridized carbons (Fsp3) is 0.500. The summed E-state index contributed by atoms with van der Waals surface area (Å²) in [7, 11) is 0. The van der Waals surface area contributed by atoms with E-state index in [0.29, 0.717) is 0 Å². The third kappa shape index (κ3) is 3.34. The lowest BCUT2D eigenvalue weighted by atomic mass is 10.5. The Balaban J connectivity index is 2.75. The highest BCUT2D eigenvalue weighted by Crippen LogP contribution is 1.96. The number of hydrogen-bond donors (Lipinski definition) is 3. The van der Waals surface area contributed by atoms with Crippen LogP contribution in [-0.2, 0) is 14.4 Å². The highest BCUT2D eigenvalue weighted by molar-refractivity contribution is 5.35. The molecule has 9 nitrogen and oxygen atoms in total. The summed E-state index contributed by atoms with van der Waals surface area (Å²) < 4.78 is 0. The largest absolute Gasteiger partial charge is 0.247 e. The zero-order valence-corrected chi connectivity index (χ0v) is 7.30. The van der Waals surface area contributed by atoms with E-state index in [1.54, 1.807) is 0 Å². The van der Waals surface area contributed by atoms with E-state index in [-0.39, 0.29) is 0 Å². The second-order valence-electron chi connectivity index (χ2n) is 2.37. The van der Waals surface area contributed by atoms with Crippen molar-refractivity contribution in [1.29, 1.82) is 0 Å². The smallest absolute Gasteiger partial charge is 0.238 e. The molecule has 0 saturated carbocycles. The van der Waals surface area contributed by atoms with Crippen molar-refractivity contribution in [3.63, 3.8) is 0 Å². The maximum absolute atomic E-state index is 9.99. The van der Waals surface area contributed by atoms with Crippen molar-refractivity contribution in [2.24, 2.45) is 15.0 Å². The van der Waals surface area contributed by atoms with E-state index >= 15 is 0 Å². The van der Waals surface area contributed by atoms with Crippen LogP contribution in [0.4, 0.5) is 0 Å². The van der Waals surface area contributed by atoms with Crippen LogP contribution in [0.2, 0.25) is 0 Å². The Labute approximate surface area is 83.4 Å². The molecule has 15 heavy (non-hydrogen) atoms. The van der Waals surface area contributed by atoms with Crippen molar-refractivity contribution >= 4 is 18.2 Å². The molecule has 0 aromatic carbocycles. The summed E-state index contributed by atoms with van der Waals surface area (Å²) >= 11 is 0. The van der Waals surface area contributed by atoms with Gasteiger partial charge in [-0.15, -0.1) is 0 Å². The Morgan fingerprint density at radius 3 is 1.13 bits per heavy atom. The second-order valence-corrected chi connectivity index (χ2v) is 2.37. The number of nitrogens with zero attached hydrogens (tertiary/aromatic N) is 3. The fourth-order valence-electron chi connectivity index (χ4n) is 0.975. The molecule has 0 spiro atoms. The van der Waals surface area contributed by atoms with Gasteiger partial charge in [0.25, 0.3) is 0 Å². The minimum atomic E-state index is -0.840. The van der Waals surface area contributed by atoms with Crippen LogP contribution in [-0.4, -0.2) is 37.1 Å². The summed E-state index contributed by atoms with van der Waals surface area (Å²) in [5, 5.41) is 7.72. The van der Waals surface area contributed by atoms with Gasteiger partial charge in [0.15, 0.2) is 18.9 Å². The molecular weight excluding hydrogens is 204 g/mol. The van der Waals surface area contributed by atoms with Gasteiger partial charge in [-0.1, -0.05) is 0 Å². The van der Waals surface area contributed by atoms with E-state index in [1.807, 2.05) is 0 Å². The summed E-state index contributed by atoms with van der Waals surface area (Å²) in [4.78, 5) is 39.9. The van der Waals surface area contributed by atoms with Gasteiger partial charge in [0.2, 0.25) is 18.2 Å². The maximum atomic E-state index is 9.99. The third-order valence-electron chi connectivity index (χ3n) is 1.49. The van der Waals surface area contributed by atoms with Crippen LogP contribution in [0.5, 0.6) is 0 Å². The van der Waals surface area contributed by atoms with E-state index < -0.39 is 18.9 Å². The summed E-state index contributed by atoms with van der Waals surface area (Å²) in [6.45, 7) is 0. The van der Waals surface area contributed by atoms with Crippen molar-refractivity contribution in [1.82, 2.24) is 16.0 Å². The van der Waals surface area contributed by atoms with Crippen LogP contribution in [0.25, 0.3) is 0 Å². The molecule has 1 heterocycles. The van der Waals surface area contributed by atoms with E-state index in [4.69, 9.17) is 0 Å². The minimum Gasteiger partial charge on any atom is -0.247 e. The summed E-state index contributed by atoms with van der Waals surface area (Å²) in [6.07, 6.45) is 1.39. The first-order chi connectivity index (χ1) is 7.30. The monoisotopic (exact) mass is 210 g/mol. The highest BCUT2D eigenvalue weighted by Gasteiger charge is 2.25. The van der Waals surface area contributed by atoms with Crippen molar-refractivity contribution in [2.75, 3.05) is 0 Å². The molecule has 0 bridgehead atoms. The van der Waals surface area contributed by atoms with Gasteiger partial charge >= 0.3 is 0 Å². The molecule has 0 atom stereocenters. The molecule has 1 aliphatic rings. The molecule has 0 aromatic heterocycles. The average Bonchev–Trinajstić information content (AvgIpc) is 2.19. The molecular formula is C6H6N6O3. The average molecular weight is 210 g/mol. The Bertz CT molecular complexity index is 302. The molecule has 1 aliphatic heterocycles. The molecule has 1 saturated heterocycles. The first-order valence-corrected chi connectivity index (χ1v) is 3.79. The van der Waals surface area contributed by atoms with Crippen LogP contribution in [0.1, 0.15) is 0 Å². The molecule has 1 rings (SSSR count). The van der Waals surface area contributed by atoms with Gasteiger partial charge in [0.1, 0.15) is 0 Å². The van der Waals surface area contributed by atoms with Crippen molar-refractivity contribution in [3.8, 4) is 0 Å². The Hall–Kier alpha value is -1.98. The molecule has 3 N–H and O–H groups in total. The van der Waals surface area contributed by atoms with E-state index in [0.717, 1.165) is 0 Å². The van der Waals surface area contributed by atoms with Crippen LogP contribution in [0.3, 0.4) is 0 Å². The van der Waals surface area contributed by atoms with Gasteiger partial charge < -0.3 is 0 Å². The Morgan fingerprint density at radius 2 is 0.933 bits per heavy atom. The zero-order valence-electron chi connectivity index (χ0n) is 7.30. The standard InChI is InChI=1S/C6H6N6O3/c13-1-7-4-10-5(8-2-14)12-6(11-4)9-3-15/h4-6,10-12H. The summed E-state index contributed by atoms with van der Waals surface area (Å²) in [5.41, 5.74) is 0. The van der Waals surface area contributed by atoms with E-state index in [2.05, 4.69) is 30.9 Å². The fourth-order valence-corrected chi connectivity index (χ4v) is 0.975. The van der Waals surface area contributed by atoms with Crippen molar-refractivity contribution < 1.29 is 14.4 Å². The lowest BCUT2D eigenvalue weighted by Crippen LogP contribution is -2.65.